The molecule has 3 amide bonds. The maximum atomic E-state index is 11.9. The van der Waals surface area contributed by atoms with E-state index in [0.717, 1.165) is 11.1 Å². The zero-order valence-electron chi connectivity index (χ0n) is 16.9. The maximum Gasteiger partial charge on any atom is 0.264 e. The number of carbonyl (C=O) groups is 3. The van der Waals surface area contributed by atoms with Crippen molar-refractivity contribution in [3.05, 3.63) is 64.7 Å². The highest BCUT2D eigenvalue weighted by Gasteiger charge is 2.10. The van der Waals surface area contributed by atoms with Gasteiger partial charge in [-0.3, -0.25) is 30.6 Å². The number of ether oxygens (including phenoxy) is 1. The largest absolute Gasteiger partial charge is 0.483 e. The molecule has 0 bridgehead atoms. The number of benzene rings is 2. The number of rotatable bonds is 8. The van der Waals surface area contributed by atoms with Gasteiger partial charge in [0.15, 0.2) is 11.7 Å². The van der Waals surface area contributed by atoms with Gasteiger partial charge in [0.2, 0.25) is 11.8 Å². The van der Waals surface area contributed by atoms with E-state index in [-0.39, 0.29) is 30.5 Å². The number of hydrogen-bond donors (Lipinski definition) is 4. The van der Waals surface area contributed by atoms with Crippen LogP contribution in [0, 0.1) is 6.92 Å². The highest BCUT2D eigenvalue weighted by atomic mass is 35.5. The average molecular weight is 463 g/mol. The molecule has 164 valence electrons. The summed E-state index contributed by atoms with van der Waals surface area (Å²) in [5.74, 6) is -0.664. The molecule has 0 radical (unpaired) electrons. The summed E-state index contributed by atoms with van der Waals surface area (Å²) in [6.07, 6.45) is -0.0170. The fraction of sp³-hybridized carbons (Fsp3) is 0.238. The Morgan fingerprint density at radius 2 is 1.68 bits per heavy atom. The first-order chi connectivity index (χ1) is 14.8. The quantitative estimate of drug-likeness (QED) is 0.353. The fourth-order valence-corrected chi connectivity index (χ4v) is 2.80. The van der Waals surface area contributed by atoms with Crippen LogP contribution in [-0.2, 0) is 20.9 Å². The lowest BCUT2D eigenvalue weighted by atomic mass is 10.2. The standard InChI is InChI=1S/C21H23ClN4O4S/c1-14-11-16(22)7-8-17(14)30-13-20(29)24-21(31)26-25-19(28)10-9-18(27)23-12-15-5-3-2-4-6-15/h2-8,11H,9-10,12-13H2,1H3,(H,23,27)(H,25,28)(H2,24,26,29,31). The van der Waals surface area contributed by atoms with Crippen LogP contribution in [0.25, 0.3) is 0 Å². The van der Waals surface area contributed by atoms with E-state index in [0.29, 0.717) is 17.3 Å². The Kier molecular flexibility index (Phi) is 9.73. The Morgan fingerprint density at radius 1 is 0.968 bits per heavy atom. The summed E-state index contributed by atoms with van der Waals surface area (Å²) in [6, 6.07) is 14.5. The molecule has 0 spiro atoms. The molecule has 2 aromatic rings. The Labute approximate surface area is 190 Å². The Bertz CT molecular complexity index is 940. The Morgan fingerprint density at radius 3 is 2.39 bits per heavy atom. The van der Waals surface area contributed by atoms with Crippen molar-refractivity contribution >= 4 is 46.7 Å². The first kappa shape index (κ1) is 24.1. The second-order valence-corrected chi connectivity index (χ2v) is 7.36. The van der Waals surface area contributed by atoms with E-state index < -0.39 is 11.8 Å². The number of carbonyl (C=O) groups excluding carboxylic acids is 3. The Hall–Kier alpha value is -3.17. The van der Waals surface area contributed by atoms with Gasteiger partial charge in [0.25, 0.3) is 5.91 Å². The van der Waals surface area contributed by atoms with Crippen LogP contribution < -0.4 is 26.2 Å². The van der Waals surface area contributed by atoms with E-state index in [2.05, 4.69) is 21.5 Å². The molecule has 0 aromatic heterocycles. The van der Waals surface area contributed by atoms with Crippen LogP contribution in [0.3, 0.4) is 0 Å². The third kappa shape index (κ3) is 9.45. The third-order valence-corrected chi connectivity index (χ3v) is 4.41. The first-order valence-corrected chi connectivity index (χ1v) is 10.2. The predicted molar refractivity (Wildman–Crippen MR) is 121 cm³/mol. The summed E-state index contributed by atoms with van der Waals surface area (Å²) in [5, 5.41) is 5.59. The number of nitrogens with one attached hydrogen (secondary N) is 4. The lowest BCUT2D eigenvalue weighted by molar-refractivity contribution is -0.126. The van der Waals surface area contributed by atoms with Gasteiger partial charge in [0, 0.05) is 24.4 Å². The highest BCUT2D eigenvalue weighted by molar-refractivity contribution is 7.80. The number of hydrogen-bond acceptors (Lipinski definition) is 5. The van der Waals surface area contributed by atoms with Crippen molar-refractivity contribution in [3.8, 4) is 5.75 Å². The lowest BCUT2D eigenvalue weighted by Gasteiger charge is -2.12. The summed E-state index contributed by atoms with van der Waals surface area (Å²) in [6.45, 7) is 1.94. The minimum absolute atomic E-state index is 0.0216. The predicted octanol–water partition coefficient (Wildman–Crippen LogP) is 2.15. The van der Waals surface area contributed by atoms with Crippen LogP contribution in [0.1, 0.15) is 24.0 Å². The molecule has 0 aliphatic heterocycles. The van der Waals surface area contributed by atoms with Crippen molar-refractivity contribution in [3.63, 3.8) is 0 Å². The number of amides is 3. The molecular formula is C21H23ClN4O4S. The molecule has 31 heavy (non-hydrogen) atoms. The van der Waals surface area contributed by atoms with Crippen molar-refractivity contribution in [2.24, 2.45) is 0 Å². The van der Waals surface area contributed by atoms with Crippen molar-refractivity contribution in [1.29, 1.82) is 0 Å². The van der Waals surface area contributed by atoms with Crippen LogP contribution in [0.5, 0.6) is 5.75 Å². The summed E-state index contributed by atoms with van der Waals surface area (Å²) < 4.78 is 5.41. The number of thiocarbonyl (C=S) groups is 1. The van der Waals surface area contributed by atoms with Gasteiger partial charge < -0.3 is 10.1 Å². The van der Waals surface area contributed by atoms with E-state index in [9.17, 15) is 14.4 Å². The van der Waals surface area contributed by atoms with Crippen molar-refractivity contribution < 1.29 is 19.1 Å². The third-order valence-electron chi connectivity index (χ3n) is 3.98. The van der Waals surface area contributed by atoms with Gasteiger partial charge in [-0.25, -0.2) is 0 Å². The van der Waals surface area contributed by atoms with Gasteiger partial charge in [-0.2, -0.15) is 0 Å². The molecular weight excluding hydrogens is 440 g/mol. The van der Waals surface area contributed by atoms with E-state index in [1.165, 1.54) is 0 Å². The topological polar surface area (TPSA) is 109 Å². The molecule has 0 aliphatic rings. The Balaban J connectivity index is 1.59. The van der Waals surface area contributed by atoms with Crippen molar-refractivity contribution in [2.75, 3.05) is 6.61 Å². The van der Waals surface area contributed by atoms with E-state index >= 15 is 0 Å². The zero-order chi connectivity index (χ0) is 22.6. The normalized spacial score (nSPS) is 10.0. The van der Waals surface area contributed by atoms with Crippen molar-refractivity contribution in [1.82, 2.24) is 21.5 Å². The van der Waals surface area contributed by atoms with E-state index in [4.69, 9.17) is 28.6 Å². The first-order valence-electron chi connectivity index (χ1n) is 9.41. The minimum atomic E-state index is -0.499. The second-order valence-electron chi connectivity index (χ2n) is 6.51. The second kappa shape index (κ2) is 12.5. The van der Waals surface area contributed by atoms with Gasteiger partial charge in [0.1, 0.15) is 5.75 Å². The molecule has 0 heterocycles. The van der Waals surface area contributed by atoms with Gasteiger partial charge in [-0.05, 0) is 48.5 Å². The summed E-state index contributed by atoms with van der Waals surface area (Å²) in [5.41, 5.74) is 6.50. The molecule has 0 unspecified atom stereocenters. The van der Waals surface area contributed by atoms with Crippen LogP contribution in [0.2, 0.25) is 5.02 Å². The smallest absolute Gasteiger partial charge is 0.264 e. The van der Waals surface area contributed by atoms with Crippen molar-refractivity contribution in [2.45, 2.75) is 26.3 Å². The molecule has 8 nitrogen and oxygen atoms in total. The monoisotopic (exact) mass is 462 g/mol. The van der Waals surface area contributed by atoms with Gasteiger partial charge >= 0.3 is 0 Å². The van der Waals surface area contributed by atoms with E-state index in [1.807, 2.05) is 37.3 Å². The average Bonchev–Trinajstić information content (AvgIpc) is 2.75. The summed E-state index contributed by atoms with van der Waals surface area (Å²) >= 11 is 10.8. The molecule has 0 saturated heterocycles. The molecule has 0 atom stereocenters. The SMILES string of the molecule is Cc1cc(Cl)ccc1OCC(=O)NC(=S)NNC(=O)CCC(=O)NCc1ccccc1. The van der Waals surface area contributed by atoms with Crippen LogP contribution in [0.15, 0.2) is 48.5 Å². The van der Waals surface area contributed by atoms with Gasteiger partial charge in [-0.1, -0.05) is 41.9 Å². The summed E-state index contributed by atoms with van der Waals surface area (Å²) in [7, 11) is 0. The molecule has 0 fully saturated rings. The molecule has 0 saturated carbocycles. The van der Waals surface area contributed by atoms with Crippen LogP contribution in [0.4, 0.5) is 0 Å². The molecule has 2 aromatic carbocycles. The summed E-state index contributed by atoms with van der Waals surface area (Å²) in [4.78, 5) is 35.5. The van der Waals surface area contributed by atoms with E-state index in [1.54, 1.807) is 18.2 Å². The highest BCUT2D eigenvalue weighted by Crippen LogP contribution is 2.21. The molecule has 0 aliphatic carbocycles. The van der Waals surface area contributed by atoms with Crippen LogP contribution >= 0.6 is 23.8 Å². The van der Waals surface area contributed by atoms with Gasteiger partial charge in [-0.15, -0.1) is 0 Å². The van der Waals surface area contributed by atoms with Gasteiger partial charge in [0.05, 0.1) is 0 Å². The molecule has 4 N–H and O–H groups in total. The number of aryl methyl sites for hydroxylation is 1. The van der Waals surface area contributed by atoms with Crippen LogP contribution in [-0.4, -0.2) is 29.4 Å². The lowest BCUT2D eigenvalue weighted by Crippen LogP contribution is -2.49. The zero-order valence-corrected chi connectivity index (χ0v) is 18.4. The molecule has 2 rings (SSSR count). The molecule has 10 heteroatoms. The number of halogens is 1. The minimum Gasteiger partial charge on any atom is -0.483 e. The number of hydrazine groups is 1. The maximum absolute atomic E-state index is 11.9. The fourth-order valence-electron chi connectivity index (χ4n) is 2.41.